The van der Waals surface area contributed by atoms with Gasteiger partial charge in [-0.2, -0.15) is 0 Å². The van der Waals surface area contributed by atoms with Crippen molar-refractivity contribution in [3.8, 4) is 0 Å². The molecule has 108 valence electrons. The molecule has 0 bridgehead atoms. The van der Waals surface area contributed by atoms with Crippen LogP contribution in [0.3, 0.4) is 0 Å². The van der Waals surface area contributed by atoms with Crippen molar-refractivity contribution in [2.45, 2.75) is 15.7 Å². The molecular weight excluding hydrogens is 310 g/mol. The Kier molecular flexibility index (Phi) is 4.19. The van der Waals surface area contributed by atoms with E-state index in [4.69, 9.17) is 5.73 Å². The summed E-state index contributed by atoms with van der Waals surface area (Å²) in [5, 5.41) is 0. The van der Waals surface area contributed by atoms with Crippen LogP contribution in [0.15, 0.2) is 45.6 Å². The Hall–Kier alpha value is -1.50. The molecule has 6 heteroatoms. The van der Waals surface area contributed by atoms with Crippen molar-refractivity contribution in [2.75, 3.05) is 6.54 Å². The number of fused-ring (bicyclic) bond motifs is 1. The third kappa shape index (κ3) is 3.07. The van der Waals surface area contributed by atoms with Crippen LogP contribution >= 0.6 is 23.1 Å². The lowest BCUT2D eigenvalue weighted by molar-refractivity contribution is 0.537. The van der Waals surface area contributed by atoms with Crippen molar-refractivity contribution in [1.82, 2.24) is 4.98 Å². The number of nitrogens with zero attached hydrogens (tertiary/aromatic N) is 1. The lowest BCUT2D eigenvalue weighted by atomic mass is 10.1. The number of halogens is 2. The highest BCUT2D eigenvalue weighted by Crippen LogP contribution is 2.37. The van der Waals surface area contributed by atoms with Gasteiger partial charge in [-0.25, -0.2) is 13.8 Å². The number of para-hydroxylation sites is 1. The quantitative estimate of drug-likeness (QED) is 0.781. The van der Waals surface area contributed by atoms with Crippen molar-refractivity contribution in [2.24, 2.45) is 5.73 Å². The average molecular weight is 322 g/mol. The lowest BCUT2D eigenvalue weighted by Crippen LogP contribution is -2.04. The molecule has 3 aromatic rings. The van der Waals surface area contributed by atoms with Gasteiger partial charge in [0.05, 0.1) is 15.1 Å². The zero-order valence-electron chi connectivity index (χ0n) is 11.0. The molecule has 0 saturated carbocycles. The van der Waals surface area contributed by atoms with Gasteiger partial charge in [0.25, 0.3) is 0 Å². The molecule has 0 fully saturated rings. The number of hydrogen-bond acceptors (Lipinski definition) is 4. The molecule has 0 aliphatic rings. The lowest BCUT2D eigenvalue weighted by Gasteiger charge is -2.05. The largest absolute Gasteiger partial charge is 0.330 e. The summed E-state index contributed by atoms with van der Waals surface area (Å²) in [5.74, 6) is -1.13. The van der Waals surface area contributed by atoms with Gasteiger partial charge in [0.15, 0.2) is 4.34 Å². The highest BCUT2D eigenvalue weighted by atomic mass is 32.2. The van der Waals surface area contributed by atoms with Gasteiger partial charge in [-0.05, 0) is 42.8 Å². The first-order valence-electron chi connectivity index (χ1n) is 6.39. The van der Waals surface area contributed by atoms with Gasteiger partial charge in [-0.1, -0.05) is 23.9 Å². The second kappa shape index (κ2) is 6.09. The highest BCUT2D eigenvalue weighted by molar-refractivity contribution is 8.01. The second-order valence-electron chi connectivity index (χ2n) is 4.48. The maximum Gasteiger partial charge on any atom is 0.156 e. The summed E-state index contributed by atoms with van der Waals surface area (Å²) in [6.07, 6.45) is 0.458. The number of nitrogens with two attached hydrogens (primary N) is 1. The summed E-state index contributed by atoms with van der Waals surface area (Å²) >= 11 is 2.44. The van der Waals surface area contributed by atoms with Crippen molar-refractivity contribution >= 4 is 33.3 Å². The van der Waals surface area contributed by atoms with E-state index in [1.165, 1.54) is 23.5 Å². The molecule has 0 amide bonds. The van der Waals surface area contributed by atoms with E-state index < -0.39 is 11.6 Å². The molecule has 0 aliphatic heterocycles. The highest BCUT2D eigenvalue weighted by Gasteiger charge is 2.15. The van der Waals surface area contributed by atoms with Crippen molar-refractivity contribution in [1.29, 1.82) is 0 Å². The smallest absolute Gasteiger partial charge is 0.156 e. The van der Waals surface area contributed by atoms with Gasteiger partial charge in [0.2, 0.25) is 0 Å². The van der Waals surface area contributed by atoms with Gasteiger partial charge in [0.1, 0.15) is 11.6 Å². The Balaban J connectivity index is 1.93. The monoisotopic (exact) mass is 322 g/mol. The zero-order chi connectivity index (χ0) is 14.8. The molecule has 0 unspecified atom stereocenters. The van der Waals surface area contributed by atoms with E-state index >= 15 is 0 Å². The van der Waals surface area contributed by atoms with E-state index in [0.29, 0.717) is 22.9 Å². The molecule has 21 heavy (non-hydrogen) atoms. The summed E-state index contributed by atoms with van der Waals surface area (Å²) in [6, 6.07) is 10.3. The van der Waals surface area contributed by atoms with Gasteiger partial charge >= 0.3 is 0 Å². The number of aromatic nitrogens is 1. The molecule has 0 spiro atoms. The van der Waals surface area contributed by atoms with Crippen LogP contribution in [-0.2, 0) is 6.42 Å². The minimum atomic E-state index is -0.567. The number of rotatable bonds is 4. The summed E-state index contributed by atoms with van der Waals surface area (Å²) < 4.78 is 29.7. The molecule has 0 radical (unpaired) electrons. The van der Waals surface area contributed by atoms with Crippen LogP contribution in [0.4, 0.5) is 8.78 Å². The van der Waals surface area contributed by atoms with E-state index in [1.807, 2.05) is 24.3 Å². The van der Waals surface area contributed by atoms with Crippen LogP contribution in [0.1, 0.15) is 5.56 Å². The molecule has 0 saturated heterocycles. The van der Waals surface area contributed by atoms with Crippen LogP contribution in [0.2, 0.25) is 0 Å². The summed E-state index contributed by atoms with van der Waals surface area (Å²) in [4.78, 5) is 4.36. The fraction of sp³-hybridized carbons (Fsp3) is 0.133. The predicted octanol–water partition coefficient (Wildman–Crippen LogP) is 4.23. The number of benzene rings is 2. The topological polar surface area (TPSA) is 38.9 Å². The third-order valence-electron chi connectivity index (χ3n) is 2.95. The maximum absolute atomic E-state index is 14.1. The molecule has 3 rings (SSSR count). The molecule has 2 nitrogen and oxygen atoms in total. The first-order chi connectivity index (χ1) is 10.2. The summed E-state index contributed by atoms with van der Waals surface area (Å²) in [7, 11) is 0. The Morgan fingerprint density at radius 3 is 2.52 bits per heavy atom. The molecule has 2 aromatic carbocycles. The number of hydrogen-bond donors (Lipinski definition) is 1. The van der Waals surface area contributed by atoms with Crippen molar-refractivity contribution < 1.29 is 8.78 Å². The van der Waals surface area contributed by atoms with Crippen LogP contribution in [0.5, 0.6) is 0 Å². The van der Waals surface area contributed by atoms with Crippen LogP contribution < -0.4 is 5.73 Å². The Morgan fingerprint density at radius 2 is 1.86 bits per heavy atom. The standard InChI is InChI=1S/C15H12F2N2S2/c16-10-7-9(5-6-18)8-11(17)14(10)21-15-19-12-3-1-2-4-13(12)20-15/h1-4,7-8H,5-6,18H2. The van der Waals surface area contributed by atoms with Crippen LogP contribution in [0, 0.1) is 11.6 Å². The maximum atomic E-state index is 14.1. The molecule has 1 aromatic heterocycles. The molecular formula is C15H12F2N2S2. The summed E-state index contributed by atoms with van der Waals surface area (Å²) in [6.45, 7) is 0.364. The van der Waals surface area contributed by atoms with Crippen molar-refractivity contribution in [3.05, 3.63) is 53.6 Å². The van der Waals surface area contributed by atoms with Gasteiger partial charge in [-0.15, -0.1) is 11.3 Å². The SMILES string of the molecule is NCCc1cc(F)c(Sc2nc3ccccc3s2)c(F)c1. The first-order valence-corrected chi connectivity index (χ1v) is 8.02. The van der Waals surface area contributed by atoms with Gasteiger partial charge in [0, 0.05) is 0 Å². The molecule has 0 atom stereocenters. The second-order valence-corrected chi connectivity index (χ2v) is 6.76. The Labute approximate surface area is 129 Å². The number of thiazole rings is 1. The molecule has 1 heterocycles. The third-order valence-corrected chi connectivity index (χ3v) is 5.15. The van der Waals surface area contributed by atoms with Crippen molar-refractivity contribution in [3.63, 3.8) is 0 Å². The predicted molar refractivity (Wildman–Crippen MR) is 82.9 cm³/mol. The minimum absolute atomic E-state index is 0.0187. The molecule has 2 N–H and O–H groups in total. The van der Waals surface area contributed by atoms with Crippen LogP contribution in [0.25, 0.3) is 10.2 Å². The van der Waals surface area contributed by atoms with E-state index in [9.17, 15) is 8.78 Å². The Morgan fingerprint density at radius 1 is 1.14 bits per heavy atom. The minimum Gasteiger partial charge on any atom is -0.330 e. The first kappa shape index (κ1) is 14.4. The van der Waals surface area contributed by atoms with Gasteiger partial charge < -0.3 is 5.73 Å². The zero-order valence-corrected chi connectivity index (χ0v) is 12.6. The fourth-order valence-corrected chi connectivity index (χ4v) is 4.02. The fourth-order valence-electron chi connectivity index (χ4n) is 2.00. The van der Waals surface area contributed by atoms with Gasteiger partial charge in [-0.3, -0.25) is 0 Å². The van der Waals surface area contributed by atoms with E-state index in [-0.39, 0.29) is 4.90 Å². The van der Waals surface area contributed by atoms with E-state index in [0.717, 1.165) is 22.0 Å². The van der Waals surface area contributed by atoms with E-state index in [2.05, 4.69) is 4.98 Å². The van der Waals surface area contributed by atoms with Crippen LogP contribution in [-0.4, -0.2) is 11.5 Å². The normalized spacial score (nSPS) is 11.2. The summed E-state index contributed by atoms with van der Waals surface area (Å²) in [5.41, 5.74) is 6.82. The average Bonchev–Trinajstić information content (AvgIpc) is 2.86. The van der Waals surface area contributed by atoms with E-state index in [1.54, 1.807) is 0 Å². The molecule has 0 aliphatic carbocycles. The Bertz CT molecular complexity index is 730.